The molecule has 0 aromatic carbocycles. The summed E-state index contributed by atoms with van der Waals surface area (Å²) >= 11 is 0. The molecule has 0 spiro atoms. The molecule has 0 aliphatic heterocycles. The molecule has 1 amide bonds. The molecule has 3 nitrogen and oxygen atoms in total. The van der Waals surface area contributed by atoms with Crippen LogP contribution < -0.4 is 11.1 Å². The molecule has 1 saturated carbocycles. The van der Waals surface area contributed by atoms with Crippen LogP contribution in [0.5, 0.6) is 0 Å². The summed E-state index contributed by atoms with van der Waals surface area (Å²) in [4.78, 5) is 11.7. The second-order valence-corrected chi connectivity index (χ2v) is 4.02. The van der Waals surface area contributed by atoms with Gasteiger partial charge in [-0.05, 0) is 19.8 Å². The number of hydrogen-bond acceptors (Lipinski definition) is 2. The molecule has 0 heterocycles. The van der Waals surface area contributed by atoms with E-state index in [0.29, 0.717) is 6.42 Å². The minimum absolute atomic E-state index is 0.00442. The van der Waals surface area contributed by atoms with Crippen molar-refractivity contribution in [1.82, 2.24) is 5.32 Å². The van der Waals surface area contributed by atoms with Gasteiger partial charge in [-0.25, -0.2) is 0 Å². The number of nitrogens with two attached hydrogens (primary N) is 1. The van der Waals surface area contributed by atoms with E-state index in [1.165, 1.54) is 0 Å². The van der Waals surface area contributed by atoms with E-state index < -0.39 is 0 Å². The van der Waals surface area contributed by atoms with E-state index >= 15 is 0 Å². The fourth-order valence-corrected chi connectivity index (χ4v) is 1.89. The molecule has 1 rings (SSSR count). The Morgan fingerprint density at radius 1 is 1.71 bits per heavy atom. The van der Waals surface area contributed by atoms with Gasteiger partial charge in [0.2, 0.25) is 5.91 Å². The predicted molar refractivity (Wildman–Crippen MR) is 56.4 cm³/mol. The van der Waals surface area contributed by atoms with Crippen LogP contribution in [0.15, 0.2) is 0 Å². The highest BCUT2D eigenvalue weighted by Crippen LogP contribution is 2.24. The molecular weight excluding hydrogens is 176 g/mol. The van der Waals surface area contributed by atoms with Crippen molar-refractivity contribution in [2.24, 2.45) is 11.7 Å². The first-order valence-corrected chi connectivity index (χ1v) is 5.14. The lowest BCUT2D eigenvalue weighted by molar-refractivity contribution is -0.125. The van der Waals surface area contributed by atoms with Crippen LogP contribution in [0.2, 0.25) is 0 Å². The SMILES string of the molecule is C#CCC(C)NC(=O)C1CCCC1N. The smallest absolute Gasteiger partial charge is 0.224 e. The average Bonchev–Trinajstić information content (AvgIpc) is 2.51. The van der Waals surface area contributed by atoms with Gasteiger partial charge >= 0.3 is 0 Å². The highest BCUT2D eigenvalue weighted by Gasteiger charge is 2.30. The van der Waals surface area contributed by atoms with Crippen LogP contribution in [0.25, 0.3) is 0 Å². The van der Waals surface area contributed by atoms with E-state index in [2.05, 4.69) is 11.2 Å². The van der Waals surface area contributed by atoms with Crippen LogP contribution in [0, 0.1) is 18.3 Å². The van der Waals surface area contributed by atoms with Crippen molar-refractivity contribution < 1.29 is 4.79 Å². The third-order valence-corrected chi connectivity index (χ3v) is 2.72. The topological polar surface area (TPSA) is 55.1 Å². The fraction of sp³-hybridized carbons (Fsp3) is 0.727. The van der Waals surface area contributed by atoms with Crippen LogP contribution in [-0.4, -0.2) is 18.0 Å². The van der Waals surface area contributed by atoms with Gasteiger partial charge in [-0.15, -0.1) is 12.3 Å². The second-order valence-electron chi connectivity index (χ2n) is 4.02. The van der Waals surface area contributed by atoms with E-state index in [1.54, 1.807) is 0 Å². The Kier molecular flexibility index (Phi) is 3.97. The van der Waals surface area contributed by atoms with Crippen LogP contribution in [-0.2, 0) is 4.79 Å². The van der Waals surface area contributed by atoms with Crippen molar-refractivity contribution in [1.29, 1.82) is 0 Å². The van der Waals surface area contributed by atoms with Crippen LogP contribution in [0.3, 0.4) is 0 Å². The molecular formula is C11H18N2O. The lowest BCUT2D eigenvalue weighted by atomic mass is 10.0. The minimum Gasteiger partial charge on any atom is -0.352 e. The summed E-state index contributed by atoms with van der Waals surface area (Å²) in [7, 11) is 0. The second kappa shape index (κ2) is 5.02. The molecule has 1 aliphatic carbocycles. The van der Waals surface area contributed by atoms with Gasteiger partial charge in [0.05, 0.1) is 5.92 Å². The Morgan fingerprint density at radius 3 is 2.93 bits per heavy atom. The summed E-state index contributed by atoms with van der Waals surface area (Å²) in [6, 6.07) is 0.0911. The predicted octanol–water partition coefficient (Wildman–Crippen LogP) is 0.642. The summed E-state index contributed by atoms with van der Waals surface area (Å²) in [6.07, 6.45) is 8.67. The largest absolute Gasteiger partial charge is 0.352 e. The maximum Gasteiger partial charge on any atom is 0.224 e. The molecule has 0 saturated heterocycles. The molecule has 0 aromatic heterocycles. The van der Waals surface area contributed by atoms with Gasteiger partial charge in [-0.3, -0.25) is 4.79 Å². The molecule has 1 fully saturated rings. The maximum atomic E-state index is 11.7. The van der Waals surface area contributed by atoms with Gasteiger partial charge in [-0.2, -0.15) is 0 Å². The zero-order valence-corrected chi connectivity index (χ0v) is 8.62. The standard InChI is InChI=1S/C11H18N2O/c1-3-5-8(2)13-11(14)9-6-4-7-10(9)12/h1,8-10H,4-7,12H2,2H3,(H,13,14). The molecule has 14 heavy (non-hydrogen) atoms. The first-order chi connectivity index (χ1) is 6.65. The van der Waals surface area contributed by atoms with Gasteiger partial charge < -0.3 is 11.1 Å². The lowest BCUT2D eigenvalue weighted by Gasteiger charge is -2.18. The quantitative estimate of drug-likeness (QED) is 0.648. The normalized spacial score (nSPS) is 28.1. The monoisotopic (exact) mass is 194 g/mol. The van der Waals surface area contributed by atoms with Crippen molar-refractivity contribution in [2.45, 2.75) is 44.7 Å². The molecule has 3 N–H and O–H groups in total. The zero-order chi connectivity index (χ0) is 10.6. The van der Waals surface area contributed by atoms with E-state index in [9.17, 15) is 4.79 Å². The van der Waals surface area contributed by atoms with Crippen molar-refractivity contribution in [3.05, 3.63) is 0 Å². The van der Waals surface area contributed by atoms with Gasteiger partial charge in [0.25, 0.3) is 0 Å². The highest BCUT2D eigenvalue weighted by atomic mass is 16.2. The Labute approximate surface area is 85.4 Å². The summed E-state index contributed by atoms with van der Waals surface area (Å²) in [5.41, 5.74) is 5.83. The van der Waals surface area contributed by atoms with E-state index in [-0.39, 0.29) is 23.9 Å². The molecule has 3 unspecified atom stereocenters. The molecule has 3 atom stereocenters. The number of rotatable bonds is 3. The number of hydrogen-bond donors (Lipinski definition) is 2. The number of carbonyl (C=O) groups is 1. The first kappa shape index (κ1) is 11.1. The van der Waals surface area contributed by atoms with E-state index in [0.717, 1.165) is 19.3 Å². The van der Waals surface area contributed by atoms with Crippen molar-refractivity contribution in [2.75, 3.05) is 0 Å². The lowest BCUT2D eigenvalue weighted by Crippen LogP contribution is -2.42. The summed E-state index contributed by atoms with van der Waals surface area (Å²) < 4.78 is 0. The Balaban J connectivity index is 2.38. The summed E-state index contributed by atoms with van der Waals surface area (Å²) in [5.74, 6) is 2.59. The number of terminal acetylenes is 1. The fourth-order valence-electron chi connectivity index (χ4n) is 1.89. The maximum absolute atomic E-state index is 11.7. The molecule has 0 bridgehead atoms. The minimum atomic E-state index is -0.00442. The van der Waals surface area contributed by atoms with E-state index in [4.69, 9.17) is 12.2 Å². The Bertz CT molecular complexity index is 244. The third kappa shape index (κ3) is 2.74. The van der Waals surface area contributed by atoms with Crippen molar-refractivity contribution in [3.63, 3.8) is 0 Å². The number of carbonyl (C=O) groups excluding carboxylic acids is 1. The van der Waals surface area contributed by atoms with Crippen LogP contribution >= 0.6 is 0 Å². The van der Waals surface area contributed by atoms with Gasteiger partial charge in [-0.1, -0.05) is 6.42 Å². The highest BCUT2D eigenvalue weighted by molar-refractivity contribution is 5.80. The molecule has 78 valence electrons. The zero-order valence-electron chi connectivity index (χ0n) is 8.62. The first-order valence-electron chi connectivity index (χ1n) is 5.14. The summed E-state index contributed by atoms with van der Waals surface area (Å²) in [6.45, 7) is 1.91. The molecule has 0 radical (unpaired) electrons. The number of nitrogens with one attached hydrogen (secondary N) is 1. The van der Waals surface area contributed by atoms with Gasteiger partial charge in [0.1, 0.15) is 0 Å². The Hall–Kier alpha value is -1.01. The average molecular weight is 194 g/mol. The number of amides is 1. The van der Waals surface area contributed by atoms with Gasteiger partial charge in [0.15, 0.2) is 0 Å². The molecule has 3 heteroatoms. The third-order valence-electron chi connectivity index (χ3n) is 2.72. The van der Waals surface area contributed by atoms with Crippen LogP contribution in [0.1, 0.15) is 32.6 Å². The summed E-state index contributed by atoms with van der Waals surface area (Å²) in [5, 5.41) is 2.89. The van der Waals surface area contributed by atoms with Gasteiger partial charge in [0, 0.05) is 18.5 Å². The molecule has 1 aliphatic rings. The Morgan fingerprint density at radius 2 is 2.43 bits per heavy atom. The van der Waals surface area contributed by atoms with E-state index in [1.807, 2.05) is 6.92 Å². The van der Waals surface area contributed by atoms with Crippen molar-refractivity contribution in [3.8, 4) is 12.3 Å². The van der Waals surface area contributed by atoms with Crippen molar-refractivity contribution >= 4 is 5.91 Å². The molecule has 0 aromatic rings. The van der Waals surface area contributed by atoms with Crippen LogP contribution in [0.4, 0.5) is 0 Å².